The first-order valence-electron chi connectivity index (χ1n) is 11.9. The highest BCUT2D eigenvalue weighted by atomic mass is 35.5. The van der Waals surface area contributed by atoms with Gasteiger partial charge in [0.15, 0.2) is 6.10 Å². The topological polar surface area (TPSA) is 94.2 Å². The number of benzene rings is 4. The van der Waals surface area contributed by atoms with Crippen LogP contribution in [0.4, 0.5) is 5.69 Å². The van der Waals surface area contributed by atoms with Gasteiger partial charge in [-0.15, -0.1) is 0 Å². The fraction of sp³-hybridized carbons (Fsp3) is 0.179. The van der Waals surface area contributed by atoms with Gasteiger partial charge in [-0.3, -0.25) is 9.10 Å². The average Bonchev–Trinajstić information content (AvgIpc) is 2.94. The fourth-order valence-electron chi connectivity index (χ4n) is 4.23. The Morgan fingerprint density at radius 1 is 1.05 bits per heavy atom. The smallest absolute Gasteiger partial charge is 0.264 e. The van der Waals surface area contributed by atoms with Crippen LogP contribution in [0, 0.1) is 0 Å². The van der Waals surface area contributed by atoms with Gasteiger partial charge in [-0.2, -0.15) is 0 Å². The lowest BCUT2D eigenvalue weighted by molar-refractivity contribution is -0.127. The molecule has 1 amide bonds. The number of sulfonamides is 1. The molecule has 0 aromatic heterocycles. The Bertz CT molecular complexity index is 1570. The van der Waals surface area contributed by atoms with Crippen molar-refractivity contribution in [2.75, 3.05) is 31.1 Å². The van der Waals surface area contributed by atoms with Gasteiger partial charge in [-0.1, -0.05) is 48.0 Å². The molecule has 0 saturated carbocycles. The van der Waals surface area contributed by atoms with Gasteiger partial charge in [0.25, 0.3) is 15.9 Å². The second kappa shape index (κ2) is 10.8. The molecule has 5 rings (SSSR count). The van der Waals surface area contributed by atoms with E-state index in [-0.39, 0.29) is 36.0 Å². The van der Waals surface area contributed by atoms with Gasteiger partial charge in [0.1, 0.15) is 23.9 Å². The van der Waals surface area contributed by atoms with E-state index in [0.717, 1.165) is 15.1 Å². The summed E-state index contributed by atoms with van der Waals surface area (Å²) in [6, 6.07) is 24.3. The number of carbonyl (C=O) groups excluding carboxylic acids is 1. The number of anilines is 1. The molecule has 4 aromatic carbocycles. The van der Waals surface area contributed by atoms with Crippen LogP contribution in [0.5, 0.6) is 17.2 Å². The van der Waals surface area contributed by atoms with Crippen LogP contribution in [0.3, 0.4) is 0 Å². The van der Waals surface area contributed by atoms with Crippen LogP contribution in [0.15, 0.2) is 89.8 Å². The first-order valence-corrected chi connectivity index (χ1v) is 13.7. The van der Waals surface area contributed by atoms with Crippen LogP contribution in [-0.4, -0.2) is 47.2 Å². The number of halogens is 1. The van der Waals surface area contributed by atoms with Crippen LogP contribution < -0.4 is 23.8 Å². The molecule has 1 heterocycles. The van der Waals surface area contributed by atoms with Crippen LogP contribution in [-0.2, 0) is 14.8 Å². The van der Waals surface area contributed by atoms with Crippen molar-refractivity contribution in [1.82, 2.24) is 5.32 Å². The highest BCUT2D eigenvalue weighted by molar-refractivity contribution is 7.92. The Morgan fingerprint density at radius 3 is 2.61 bits per heavy atom. The normalized spacial score (nSPS) is 14.9. The highest BCUT2D eigenvalue weighted by Crippen LogP contribution is 2.39. The molecule has 10 heteroatoms. The van der Waals surface area contributed by atoms with E-state index >= 15 is 0 Å². The van der Waals surface area contributed by atoms with Crippen molar-refractivity contribution >= 4 is 44.0 Å². The molecule has 0 fully saturated rings. The Balaban J connectivity index is 1.30. The lowest BCUT2D eigenvalue weighted by atomic mass is 10.1. The van der Waals surface area contributed by atoms with Gasteiger partial charge >= 0.3 is 0 Å². The summed E-state index contributed by atoms with van der Waals surface area (Å²) >= 11 is 6.16. The maximum Gasteiger partial charge on any atom is 0.264 e. The average molecular weight is 553 g/mol. The summed E-state index contributed by atoms with van der Waals surface area (Å²) in [5.74, 6) is 1.03. The second-order valence-electron chi connectivity index (χ2n) is 8.55. The number of methoxy groups -OCH3 is 1. The molecule has 1 aliphatic heterocycles. The number of nitrogens with zero attached hydrogens (tertiary/aromatic N) is 1. The molecule has 0 radical (unpaired) electrons. The minimum absolute atomic E-state index is 0.0498. The zero-order valence-electron chi connectivity index (χ0n) is 20.5. The van der Waals surface area contributed by atoms with Crippen molar-refractivity contribution in [3.05, 3.63) is 90.0 Å². The lowest BCUT2D eigenvalue weighted by Crippen LogP contribution is -2.51. The fourth-order valence-corrected chi connectivity index (χ4v) is 5.87. The molecule has 8 nitrogen and oxygen atoms in total. The molecule has 196 valence electrons. The summed E-state index contributed by atoms with van der Waals surface area (Å²) < 4.78 is 45.2. The van der Waals surface area contributed by atoms with Crippen molar-refractivity contribution < 1.29 is 27.4 Å². The quantitative estimate of drug-likeness (QED) is 0.320. The SMILES string of the molecule is COc1ccc(S(=O)(=O)N2CC(C(=O)NCCOc3cccc4ccccc34)Oc3ccc(Cl)cc32)cc1. The minimum atomic E-state index is -4.03. The molecule has 4 aromatic rings. The number of nitrogens with one attached hydrogen (secondary N) is 1. The maximum atomic E-state index is 13.6. The molecule has 0 spiro atoms. The summed E-state index contributed by atoms with van der Waals surface area (Å²) in [5.41, 5.74) is 0.261. The van der Waals surface area contributed by atoms with Gasteiger partial charge in [-0.25, -0.2) is 8.42 Å². The van der Waals surface area contributed by atoms with Gasteiger partial charge in [0.2, 0.25) is 0 Å². The van der Waals surface area contributed by atoms with Crippen molar-refractivity contribution in [2.24, 2.45) is 0 Å². The standard InChI is InChI=1S/C28H25ClN2O6S/c1-35-21-10-12-22(13-11-21)38(33,34)31-18-27(37-26-14-9-20(29)17-24(26)31)28(32)30-15-16-36-25-8-4-6-19-5-2-3-7-23(19)25/h2-14,17,27H,15-16,18H2,1H3,(H,30,32). The number of fused-ring (bicyclic) bond motifs is 2. The molecule has 0 bridgehead atoms. The van der Waals surface area contributed by atoms with Crippen LogP contribution in [0.1, 0.15) is 0 Å². The van der Waals surface area contributed by atoms with Crippen LogP contribution >= 0.6 is 11.6 Å². The predicted molar refractivity (Wildman–Crippen MR) is 146 cm³/mol. The van der Waals surface area contributed by atoms with E-state index < -0.39 is 22.0 Å². The Kier molecular flexibility index (Phi) is 7.31. The third-order valence-electron chi connectivity index (χ3n) is 6.14. The van der Waals surface area contributed by atoms with E-state index in [2.05, 4.69) is 5.32 Å². The minimum Gasteiger partial charge on any atom is -0.497 e. The molecule has 0 aliphatic carbocycles. The Labute approximate surface area is 225 Å². The Morgan fingerprint density at radius 2 is 1.82 bits per heavy atom. The van der Waals surface area contributed by atoms with Gasteiger partial charge in [0.05, 0.1) is 30.8 Å². The molecule has 0 saturated heterocycles. The number of amides is 1. The summed E-state index contributed by atoms with van der Waals surface area (Å²) in [7, 11) is -2.53. The van der Waals surface area contributed by atoms with Crippen LogP contribution in [0.25, 0.3) is 10.8 Å². The maximum absolute atomic E-state index is 13.6. The summed E-state index contributed by atoms with van der Waals surface area (Å²) in [4.78, 5) is 13.1. The number of rotatable bonds is 8. The number of hydrogen-bond donors (Lipinski definition) is 1. The van der Waals surface area contributed by atoms with Crippen molar-refractivity contribution in [3.8, 4) is 17.2 Å². The highest BCUT2D eigenvalue weighted by Gasteiger charge is 2.37. The van der Waals surface area contributed by atoms with E-state index in [4.69, 9.17) is 25.8 Å². The first-order chi connectivity index (χ1) is 18.4. The Hall–Kier alpha value is -3.95. The largest absolute Gasteiger partial charge is 0.497 e. The number of carbonyl (C=O) groups is 1. The van der Waals surface area contributed by atoms with Crippen molar-refractivity contribution in [1.29, 1.82) is 0 Å². The molecule has 1 atom stereocenters. The van der Waals surface area contributed by atoms with E-state index in [1.807, 2.05) is 42.5 Å². The van der Waals surface area contributed by atoms with Gasteiger partial charge in [-0.05, 0) is 53.9 Å². The van der Waals surface area contributed by atoms with Gasteiger partial charge in [0, 0.05) is 10.4 Å². The molecule has 1 unspecified atom stereocenters. The molecule has 38 heavy (non-hydrogen) atoms. The molecule has 1 N–H and O–H groups in total. The predicted octanol–water partition coefficient (Wildman–Crippen LogP) is 4.65. The monoisotopic (exact) mass is 552 g/mol. The summed E-state index contributed by atoms with van der Waals surface area (Å²) in [6.45, 7) is 0.213. The number of ether oxygens (including phenoxy) is 3. The second-order valence-corrected chi connectivity index (χ2v) is 10.8. The van der Waals surface area contributed by atoms with E-state index in [1.54, 1.807) is 24.3 Å². The summed E-state index contributed by atoms with van der Waals surface area (Å²) in [6.07, 6.45) is -1.07. The van der Waals surface area contributed by atoms with Crippen LogP contribution in [0.2, 0.25) is 5.02 Å². The number of hydrogen-bond acceptors (Lipinski definition) is 6. The third-order valence-corrected chi connectivity index (χ3v) is 8.17. The zero-order valence-corrected chi connectivity index (χ0v) is 22.0. The van der Waals surface area contributed by atoms with Crippen molar-refractivity contribution in [2.45, 2.75) is 11.0 Å². The molecular weight excluding hydrogens is 528 g/mol. The molecular formula is C28H25ClN2O6S. The first kappa shape index (κ1) is 25.7. The van der Waals surface area contributed by atoms with E-state index in [9.17, 15) is 13.2 Å². The third kappa shape index (κ3) is 5.20. The van der Waals surface area contributed by atoms with E-state index in [1.165, 1.54) is 25.3 Å². The lowest BCUT2D eigenvalue weighted by Gasteiger charge is -2.34. The molecule has 1 aliphatic rings. The summed E-state index contributed by atoms with van der Waals surface area (Å²) in [5, 5.41) is 5.17. The zero-order chi connectivity index (χ0) is 26.7. The van der Waals surface area contributed by atoms with E-state index in [0.29, 0.717) is 16.5 Å². The van der Waals surface area contributed by atoms with Crippen molar-refractivity contribution in [3.63, 3.8) is 0 Å². The van der Waals surface area contributed by atoms with Gasteiger partial charge < -0.3 is 19.5 Å².